The fourth-order valence-electron chi connectivity index (χ4n) is 3.70. The van der Waals surface area contributed by atoms with Gasteiger partial charge in [0, 0.05) is 31.1 Å². The van der Waals surface area contributed by atoms with Gasteiger partial charge in [-0.3, -0.25) is 14.6 Å². The van der Waals surface area contributed by atoms with Gasteiger partial charge in [-0.1, -0.05) is 30.4 Å². The molecule has 4 rings (SSSR count). The summed E-state index contributed by atoms with van der Waals surface area (Å²) >= 11 is 3.11. The van der Waals surface area contributed by atoms with Crippen LogP contribution in [-0.4, -0.2) is 75.6 Å². The van der Waals surface area contributed by atoms with Crippen molar-refractivity contribution in [3.8, 4) is 0 Å². The van der Waals surface area contributed by atoms with E-state index in [0.29, 0.717) is 31.4 Å². The van der Waals surface area contributed by atoms with Crippen LogP contribution in [0.15, 0.2) is 52.3 Å². The lowest BCUT2D eigenvalue weighted by molar-refractivity contribution is 0.0391. The van der Waals surface area contributed by atoms with Gasteiger partial charge < -0.3 is 4.74 Å². The number of ether oxygens (including phenoxy) is 1. The Morgan fingerprint density at radius 3 is 2.65 bits per heavy atom. The number of morpholine rings is 1. The molecule has 11 heteroatoms. The fraction of sp³-hybridized carbons (Fsp3) is 0.391. The molecule has 1 aliphatic rings. The number of carbonyl (C=O) groups is 1. The monoisotopic (exact) mass is 541 g/mol. The van der Waals surface area contributed by atoms with E-state index in [1.807, 2.05) is 18.4 Å². The summed E-state index contributed by atoms with van der Waals surface area (Å²) in [4.78, 5) is 23.6. The summed E-state index contributed by atoms with van der Waals surface area (Å²) in [5.41, 5.74) is 1.01. The molecule has 1 aliphatic heterocycles. The number of amides is 1. The average molecular weight is 542 g/mol. The van der Waals surface area contributed by atoms with Gasteiger partial charge in [-0.25, -0.2) is 13.4 Å². The summed E-state index contributed by atoms with van der Waals surface area (Å²) in [6.45, 7) is 5.61. The van der Waals surface area contributed by atoms with Gasteiger partial charge in [0.05, 0.1) is 39.6 Å². The zero-order valence-corrected chi connectivity index (χ0v) is 22.4. The molecule has 1 aromatic heterocycles. The number of benzene rings is 2. The minimum atomic E-state index is -3.55. The van der Waals surface area contributed by atoms with E-state index in [1.54, 1.807) is 41.8 Å². The first kappa shape index (κ1) is 26.9. The summed E-state index contributed by atoms with van der Waals surface area (Å²) in [6, 6.07) is 12.5. The highest BCUT2D eigenvalue weighted by Gasteiger charge is 2.27. The van der Waals surface area contributed by atoms with Crippen LogP contribution in [0.5, 0.6) is 0 Å². The van der Waals surface area contributed by atoms with Crippen LogP contribution in [0.2, 0.25) is 0 Å². The lowest BCUT2D eigenvalue weighted by Gasteiger charge is -2.29. The number of carbonyl (C=O) groups excluding carboxylic acids is 1. The topological polar surface area (TPSA) is 79.8 Å². The number of anilines is 1. The SMILES string of the molecule is CCS(=O)(=O)c1ccccc1C(=O)N(CCN1CCOCC1)c1nc2ccc(SC)cc2s1.Cl. The molecule has 1 amide bonds. The largest absolute Gasteiger partial charge is 0.379 e. The second kappa shape index (κ2) is 11.8. The Labute approximate surface area is 214 Å². The van der Waals surface area contributed by atoms with E-state index < -0.39 is 9.84 Å². The molecule has 0 spiro atoms. The van der Waals surface area contributed by atoms with E-state index in [-0.39, 0.29) is 34.5 Å². The van der Waals surface area contributed by atoms with Gasteiger partial charge in [-0.05, 0) is 36.6 Å². The number of thioether (sulfide) groups is 1. The lowest BCUT2D eigenvalue weighted by Crippen LogP contribution is -2.43. The van der Waals surface area contributed by atoms with Crippen molar-refractivity contribution in [3.05, 3.63) is 48.0 Å². The first-order valence-electron chi connectivity index (χ1n) is 10.8. The number of thiazole rings is 1. The molecular weight excluding hydrogens is 514 g/mol. The number of rotatable bonds is 8. The molecule has 184 valence electrons. The molecule has 0 aliphatic carbocycles. The van der Waals surface area contributed by atoms with Crippen LogP contribution >= 0.6 is 35.5 Å². The van der Waals surface area contributed by atoms with Crippen LogP contribution in [0.25, 0.3) is 10.2 Å². The number of hydrogen-bond donors (Lipinski definition) is 0. The minimum absolute atomic E-state index is 0. The Kier molecular flexibility index (Phi) is 9.36. The van der Waals surface area contributed by atoms with E-state index in [9.17, 15) is 13.2 Å². The molecule has 0 unspecified atom stereocenters. The van der Waals surface area contributed by atoms with Gasteiger partial charge in [0.2, 0.25) is 0 Å². The molecule has 0 N–H and O–H groups in total. The number of halogens is 1. The third kappa shape index (κ3) is 5.92. The molecule has 0 atom stereocenters. The Hall–Kier alpha value is -1.69. The average Bonchev–Trinajstić information content (AvgIpc) is 3.27. The summed E-state index contributed by atoms with van der Waals surface area (Å²) in [5.74, 6) is -0.413. The van der Waals surface area contributed by atoms with Crippen molar-refractivity contribution in [1.82, 2.24) is 9.88 Å². The molecule has 34 heavy (non-hydrogen) atoms. The van der Waals surface area contributed by atoms with Gasteiger partial charge >= 0.3 is 0 Å². The Morgan fingerprint density at radius 1 is 1.21 bits per heavy atom. The maximum atomic E-state index is 13.8. The quantitative estimate of drug-likeness (QED) is 0.395. The molecule has 0 saturated carbocycles. The standard InChI is InChI=1S/C23H27N3O4S3.ClH/c1-3-33(28,29)21-7-5-4-6-18(21)22(27)26(11-10-25-12-14-30-15-13-25)23-24-19-9-8-17(31-2)16-20(19)32-23;/h4-9,16H,3,10-15H2,1-2H3;1H. The second-order valence-corrected chi connectivity index (χ2v) is 11.8. The fourth-order valence-corrected chi connectivity index (χ4v) is 6.33. The normalized spacial score (nSPS) is 14.6. The molecule has 7 nitrogen and oxygen atoms in total. The van der Waals surface area contributed by atoms with Crippen molar-refractivity contribution in [2.24, 2.45) is 0 Å². The maximum Gasteiger partial charge on any atom is 0.261 e. The molecule has 1 saturated heterocycles. The third-order valence-electron chi connectivity index (χ3n) is 5.64. The maximum absolute atomic E-state index is 13.8. The molecule has 3 aromatic rings. The Morgan fingerprint density at radius 2 is 1.94 bits per heavy atom. The second-order valence-electron chi connectivity index (χ2n) is 7.64. The third-order valence-corrected chi connectivity index (χ3v) is 9.19. The summed E-state index contributed by atoms with van der Waals surface area (Å²) < 4.78 is 31.8. The van der Waals surface area contributed by atoms with E-state index in [2.05, 4.69) is 11.0 Å². The van der Waals surface area contributed by atoms with Crippen LogP contribution < -0.4 is 4.90 Å². The first-order valence-corrected chi connectivity index (χ1v) is 14.5. The summed E-state index contributed by atoms with van der Waals surface area (Å²) in [5, 5.41) is 0.574. The van der Waals surface area contributed by atoms with Crippen LogP contribution in [0.3, 0.4) is 0 Å². The molecule has 0 radical (unpaired) electrons. The summed E-state index contributed by atoms with van der Waals surface area (Å²) in [7, 11) is -3.55. The number of hydrogen-bond acceptors (Lipinski definition) is 8. The lowest BCUT2D eigenvalue weighted by atomic mass is 10.2. The molecule has 2 aromatic carbocycles. The highest BCUT2D eigenvalue weighted by molar-refractivity contribution is 7.98. The van der Waals surface area contributed by atoms with Gasteiger partial charge in [-0.2, -0.15) is 0 Å². The van der Waals surface area contributed by atoms with Crippen LogP contribution in [-0.2, 0) is 14.6 Å². The van der Waals surface area contributed by atoms with E-state index in [1.165, 1.54) is 17.4 Å². The van der Waals surface area contributed by atoms with E-state index in [4.69, 9.17) is 9.72 Å². The van der Waals surface area contributed by atoms with Gasteiger partial charge in [0.1, 0.15) is 0 Å². The van der Waals surface area contributed by atoms with Gasteiger partial charge in [-0.15, -0.1) is 24.2 Å². The van der Waals surface area contributed by atoms with Crippen molar-refractivity contribution in [1.29, 1.82) is 0 Å². The van der Waals surface area contributed by atoms with Crippen molar-refractivity contribution in [2.75, 3.05) is 56.3 Å². The van der Waals surface area contributed by atoms with Crippen LogP contribution in [0, 0.1) is 0 Å². The summed E-state index contributed by atoms with van der Waals surface area (Å²) in [6.07, 6.45) is 2.02. The Bertz CT molecular complexity index is 1240. The van der Waals surface area contributed by atoms with E-state index in [0.717, 1.165) is 28.2 Å². The van der Waals surface area contributed by atoms with Crippen molar-refractivity contribution in [3.63, 3.8) is 0 Å². The molecule has 2 heterocycles. The van der Waals surface area contributed by atoms with Crippen LogP contribution in [0.1, 0.15) is 17.3 Å². The highest BCUT2D eigenvalue weighted by Crippen LogP contribution is 2.33. The number of nitrogens with zero attached hydrogens (tertiary/aromatic N) is 3. The minimum Gasteiger partial charge on any atom is -0.379 e. The zero-order chi connectivity index (χ0) is 23.4. The highest BCUT2D eigenvalue weighted by atomic mass is 35.5. The zero-order valence-electron chi connectivity index (χ0n) is 19.1. The molecule has 1 fully saturated rings. The van der Waals surface area contributed by atoms with Crippen LogP contribution in [0.4, 0.5) is 5.13 Å². The smallest absolute Gasteiger partial charge is 0.261 e. The molecule has 0 bridgehead atoms. The molecular formula is C23H28ClN3O4S3. The predicted octanol–water partition coefficient (Wildman–Crippen LogP) is 4.21. The number of aromatic nitrogens is 1. The van der Waals surface area contributed by atoms with Crippen molar-refractivity contribution >= 4 is 66.6 Å². The first-order chi connectivity index (χ1) is 15.9. The van der Waals surface area contributed by atoms with E-state index >= 15 is 0 Å². The Balaban J connectivity index is 0.00000324. The van der Waals surface area contributed by atoms with Gasteiger partial charge in [0.25, 0.3) is 5.91 Å². The number of sulfone groups is 1. The van der Waals surface area contributed by atoms with Gasteiger partial charge in [0.15, 0.2) is 15.0 Å². The van der Waals surface area contributed by atoms with Crippen molar-refractivity contribution < 1.29 is 17.9 Å². The van der Waals surface area contributed by atoms with Crippen molar-refractivity contribution in [2.45, 2.75) is 16.7 Å². The number of fused-ring (bicyclic) bond motifs is 1. The predicted molar refractivity (Wildman–Crippen MR) is 142 cm³/mol.